The number of hydrogen-bond acceptors (Lipinski definition) is 3. The van der Waals surface area contributed by atoms with E-state index in [2.05, 4.69) is 0 Å². The Morgan fingerprint density at radius 1 is 1.25 bits per heavy atom. The third kappa shape index (κ3) is 4.97. The summed E-state index contributed by atoms with van der Waals surface area (Å²) in [7, 11) is 1.73. The fraction of sp³-hybridized carbons (Fsp3) is 0.923. The van der Waals surface area contributed by atoms with Crippen molar-refractivity contribution < 1.29 is 14.3 Å². The standard InChI is InChI=1S/C13H24O3/c1-13(2,3)9-12(14)16-11-7-5-6-10(8-11)15-4/h10-11H,5-9H2,1-4H3/t10-,11+/m0/s1. The van der Waals surface area contributed by atoms with E-state index >= 15 is 0 Å². The summed E-state index contributed by atoms with van der Waals surface area (Å²) >= 11 is 0. The van der Waals surface area contributed by atoms with Gasteiger partial charge in [-0.05, 0) is 24.7 Å². The smallest absolute Gasteiger partial charge is 0.306 e. The average Bonchev–Trinajstić information content (AvgIpc) is 2.15. The summed E-state index contributed by atoms with van der Waals surface area (Å²) in [5, 5.41) is 0. The van der Waals surface area contributed by atoms with Gasteiger partial charge < -0.3 is 9.47 Å². The lowest BCUT2D eigenvalue weighted by Gasteiger charge is -2.28. The summed E-state index contributed by atoms with van der Waals surface area (Å²) in [4.78, 5) is 11.7. The van der Waals surface area contributed by atoms with Crippen LogP contribution in [0, 0.1) is 5.41 Å². The van der Waals surface area contributed by atoms with Gasteiger partial charge in [0, 0.05) is 13.5 Å². The van der Waals surface area contributed by atoms with E-state index in [1.807, 2.05) is 20.8 Å². The van der Waals surface area contributed by atoms with E-state index in [9.17, 15) is 4.79 Å². The van der Waals surface area contributed by atoms with Crippen LogP contribution in [0.4, 0.5) is 0 Å². The first-order valence-corrected chi connectivity index (χ1v) is 6.13. The molecule has 16 heavy (non-hydrogen) atoms. The molecule has 0 amide bonds. The van der Waals surface area contributed by atoms with Crippen LogP contribution in [0.2, 0.25) is 0 Å². The minimum Gasteiger partial charge on any atom is -0.462 e. The molecule has 1 fully saturated rings. The Labute approximate surface area is 98.5 Å². The number of carbonyl (C=O) groups excluding carboxylic acids is 1. The topological polar surface area (TPSA) is 35.5 Å². The molecule has 0 aliphatic heterocycles. The quantitative estimate of drug-likeness (QED) is 0.697. The van der Waals surface area contributed by atoms with Crippen molar-refractivity contribution in [3.05, 3.63) is 0 Å². The SMILES string of the molecule is CO[C@H]1CCC[C@@H](OC(=O)CC(C)(C)C)C1. The molecule has 0 unspecified atom stereocenters. The van der Waals surface area contributed by atoms with Crippen molar-refractivity contribution in [2.45, 2.75) is 65.1 Å². The number of carbonyl (C=O) groups is 1. The molecule has 1 aliphatic rings. The Kier molecular flexibility index (Phi) is 4.78. The first-order valence-electron chi connectivity index (χ1n) is 6.13. The maximum Gasteiger partial charge on any atom is 0.306 e. The van der Waals surface area contributed by atoms with Crippen LogP contribution in [-0.2, 0) is 14.3 Å². The fourth-order valence-electron chi connectivity index (χ4n) is 2.08. The second kappa shape index (κ2) is 5.67. The van der Waals surface area contributed by atoms with Gasteiger partial charge in [0.1, 0.15) is 6.10 Å². The molecule has 0 bridgehead atoms. The monoisotopic (exact) mass is 228 g/mol. The largest absolute Gasteiger partial charge is 0.462 e. The zero-order chi connectivity index (χ0) is 12.2. The molecule has 0 radical (unpaired) electrons. The lowest BCUT2D eigenvalue weighted by atomic mass is 9.92. The minimum absolute atomic E-state index is 0.00636. The Bertz CT molecular complexity index is 230. The summed E-state index contributed by atoms with van der Waals surface area (Å²) in [6.07, 6.45) is 4.83. The van der Waals surface area contributed by atoms with Gasteiger partial charge in [-0.25, -0.2) is 0 Å². The molecule has 0 aromatic carbocycles. The maximum absolute atomic E-state index is 11.7. The van der Waals surface area contributed by atoms with Gasteiger partial charge in [-0.3, -0.25) is 4.79 Å². The lowest BCUT2D eigenvalue weighted by molar-refractivity contribution is -0.154. The molecule has 0 aromatic rings. The van der Waals surface area contributed by atoms with Crippen LogP contribution < -0.4 is 0 Å². The van der Waals surface area contributed by atoms with Crippen LogP contribution in [0.15, 0.2) is 0 Å². The Morgan fingerprint density at radius 2 is 1.88 bits per heavy atom. The first-order chi connectivity index (χ1) is 7.40. The van der Waals surface area contributed by atoms with Crippen molar-refractivity contribution in [1.82, 2.24) is 0 Å². The van der Waals surface area contributed by atoms with E-state index in [1.54, 1.807) is 7.11 Å². The number of ether oxygens (including phenoxy) is 2. The van der Waals surface area contributed by atoms with Gasteiger partial charge in [0.25, 0.3) is 0 Å². The molecule has 3 nitrogen and oxygen atoms in total. The van der Waals surface area contributed by atoms with E-state index in [4.69, 9.17) is 9.47 Å². The highest BCUT2D eigenvalue weighted by Crippen LogP contribution is 2.25. The van der Waals surface area contributed by atoms with Gasteiger partial charge in [0.2, 0.25) is 0 Å². The molecule has 1 saturated carbocycles. The van der Waals surface area contributed by atoms with Crippen LogP contribution in [0.3, 0.4) is 0 Å². The molecule has 94 valence electrons. The fourth-order valence-corrected chi connectivity index (χ4v) is 2.08. The first kappa shape index (κ1) is 13.5. The predicted molar refractivity (Wildman–Crippen MR) is 63.2 cm³/mol. The maximum atomic E-state index is 11.7. The van der Waals surface area contributed by atoms with Crippen molar-refractivity contribution in [3.63, 3.8) is 0 Å². The molecular formula is C13H24O3. The number of esters is 1. The minimum atomic E-state index is -0.0748. The number of hydrogen-bond donors (Lipinski definition) is 0. The van der Waals surface area contributed by atoms with Gasteiger partial charge in [0.05, 0.1) is 12.5 Å². The van der Waals surface area contributed by atoms with Gasteiger partial charge >= 0.3 is 5.97 Å². The van der Waals surface area contributed by atoms with Crippen LogP contribution in [-0.4, -0.2) is 25.3 Å². The molecule has 0 aromatic heterocycles. The van der Waals surface area contributed by atoms with E-state index < -0.39 is 0 Å². The van der Waals surface area contributed by atoms with E-state index in [-0.39, 0.29) is 23.6 Å². The van der Waals surface area contributed by atoms with Crippen molar-refractivity contribution in [1.29, 1.82) is 0 Å². The summed E-state index contributed by atoms with van der Waals surface area (Å²) < 4.78 is 10.8. The van der Waals surface area contributed by atoms with E-state index in [0.29, 0.717) is 6.42 Å². The summed E-state index contributed by atoms with van der Waals surface area (Å²) in [5.41, 5.74) is 0.00636. The third-order valence-electron chi connectivity index (χ3n) is 2.88. The molecule has 0 saturated heterocycles. The zero-order valence-corrected chi connectivity index (χ0v) is 10.9. The Morgan fingerprint density at radius 3 is 2.44 bits per heavy atom. The van der Waals surface area contributed by atoms with Crippen molar-refractivity contribution in [2.24, 2.45) is 5.41 Å². The van der Waals surface area contributed by atoms with Crippen LogP contribution in [0.5, 0.6) is 0 Å². The van der Waals surface area contributed by atoms with Crippen LogP contribution in [0.25, 0.3) is 0 Å². The van der Waals surface area contributed by atoms with Gasteiger partial charge in [-0.1, -0.05) is 20.8 Å². The lowest BCUT2D eigenvalue weighted by Crippen LogP contribution is -2.30. The Hall–Kier alpha value is -0.570. The second-order valence-electron chi connectivity index (χ2n) is 5.87. The molecule has 0 heterocycles. The number of methoxy groups -OCH3 is 1. The van der Waals surface area contributed by atoms with Crippen molar-refractivity contribution in [3.8, 4) is 0 Å². The van der Waals surface area contributed by atoms with Gasteiger partial charge in [-0.15, -0.1) is 0 Å². The molecule has 0 N–H and O–H groups in total. The van der Waals surface area contributed by atoms with Gasteiger partial charge in [0.15, 0.2) is 0 Å². The highest BCUT2D eigenvalue weighted by molar-refractivity contribution is 5.70. The average molecular weight is 228 g/mol. The third-order valence-corrected chi connectivity index (χ3v) is 2.88. The highest BCUT2D eigenvalue weighted by atomic mass is 16.5. The van der Waals surface area contributed by atoms with Crippen LogP contribution >= 0.6 is 0 Å². The predicted octanol–water partition coefficient (Wildman–Crippen LogP) is 2.92. The summed E-state index contributed by atoms with van der Waals surface area (Å²) in [6.45, 7) is 6.15. The molecule has 3 heteroatoms. The molecular weight excluding hydrogens is 204 g/mol. The van der Waals surface area contributed by atoms with Gasteiger partial charge in [-0.2, -0.15) is 0 Å². The number of rotatable bonds is 3. The molecule has 2 atom stereocenters. The van der Waals surface area contributed by atoms with Crippen LogP contribution in [0.1, 0.15) is 52.9 Å². The van der Waals surface area contributed by atoms with E-state index in [1.165, 1.54) is 0 Å². The zero-order valence-electron chi connectivity index (χ0n) is 10.9. The Balaban J connectivity index is 2.33. The molecule has 1 aliphatic carbocycles. The van der Waals surface area contributed by atoms with E-state index in [0.717, 1.165) is 25.7 Å². The highest BCUT2D eigenvalue weighted by Gasteiger charge is 2.26. The molecule has 1 rings (SSSR count). The van der Waals surface area contributed by atoms with Crippen molar-refractivity contribution >= 4 is 5.97 Å². The normalized spacial score (nSPS) is 26.5. The van der Waals surface area contributed by atoms with Crippen molar-refractivity contribution in [2.75, 3.05) is 7.11 Å². The summed E-state index contributed by atoms with van der Waals surface area (Å²) in [6, 6.07) is 0. The second-order valence-corrected chi connectivity index (χ2v) is 5.87. The summed E-state index contributed by atoms with van der Waals surface area (Å²) in [5.74, 6) is -0.0748. The molecule has 0 spiro atoms.